The van der Waals surface area contributed by atoms with E-state index in [1.807, 2.05) is 43.3 Å². The van der Waals surface area contributed by atoms with E-state index in [1.54, 1.807) is 24.3 Å². The van der Waals surface area contributed by atoms with Crippen LogP contribution in [0.25, 0.3) is 6.08 Å². The van der Waals surface area contributed by atoms with Crippen LogP contribution in [0, 0.1) is 11.3 Å². The number of nitriles is 1. The standard InChI is InChI=1S/C22H25N3O2/c1-4-25(5-2)19-13-11-17(12-14-19)15-18(16-23)22(26)24-20-9-7-8-10-21(20)27-6-3/h7-15H,4-6H2,1-3H3,(H,24,26). The molecule has 0 bridgehead atoms. The third kappa shape index (κ3) is 5.35. The predicted octanol–water partition coefficient (Wildman–Crippen LogP) is 4.48. The molecule has 0 unspecified atom stereocenters. The number of hydrogen-bond donors (Lipinski definition) is 1. The summed E-state index contributed by atoms with van der Waals surface area (Å²) in [6.07, 6.45) is 1.59. The molecular weight excluding hydrogens is 338 g/mol. The Hall–Kier alpha value is -3.26. The molecule has 1 N–H and O–H groups in total. The minimum absolute atomic E-state index is 0.0388. The largest absolute Gasteiger partial charge is 0.492 e. The van der Waals surface area contributed by atoms with E-state index >= 15 is 0 Å². The van der Waals surface area contributed by atoms with Crippen molar-refractivity contribution in [3.8, 4) is 11.8 Å². The maximum absolute atomic E-state index is 12.5. The summed E-state index contributed by atoms with van der Waals surface area (Å²) in [7, 11) is 0. The fourth-order valence-corrected chi connectivity index (χ4v) is 2.73. The van der Waals surface area contributed by atoms with Crippen molar-refractivity contribution in [2.24, 2.45) is 0 Å². The SMILES string of the molecule is CCOc1ccccc1NC(=O)C(C#N)=Cc1ccc(N(CC)CC)cc1. The monoisotopic (exact) mass is 363 g/mol. The van der Waals surface area contributed by atoms with Gasteiger partial charge in [-0.1, -0.05) is 24.3 Å². The summed E-state index contributed by atoms with van der Waals surface area (Å²) in [6, 6.07) is 17.0. The highest BCUT2D eigenvalue weighted by atomic mass is 16.5. The highest BCUT2D eigenvalue weighted by Gasteiger charge is 2.12. The van der Waals surface area contributed by atoms with Gasteiger partial charge in [0.25, 0.3) is 5.91 Å². The van der Waals surface area contributed by atoms with Gasteiger partial charge in [-0.3, -0.25) is 4.79 Å². The summed E-state index contributed by atoms with van der Waals surface area (Å²) in [6.45, 7) is 8.44. The van der Waals surface area contributed by atoms with E-state index in [1.165, 1.54) is 0 Å². The maximum Gasteiger partial charge on any atom is 0.266 e. The normalized spacial score (nSPS) is 10.8. The zero-order chi connectivity index (χ0) is 19.6. The Morgan fingerprint density at radius 2 is 1.78 bits per heavy atom. The van der Waals surface area contributed by atoms with Crippen LogP contribution in [-0.2, 0) is 4.79 Å². The van der Waals surface area contributed by atoms with Crippen molar-refractivity contribution in [3.63, 3.8) is 0 Å². The lowest BCUT2D eigenvalue weighted by Crippen LogP contribution is -2.21. The highest BCUT2D eigenvalue weighted by molar-refractivity contribution is 6.10. The molecule has 2 rings (SSSR count). The van der Waals surface area contributed by atoms with Gasteiger partial charge in [0.05, 0.1) is 12.3 Å². The number of anilines is 2. The van der Waals surface area contributed by atoms with Crippen LogP contribution >= 0.6 is 0 Å². The average Bonchev–Trinajstić information content (AvgIpc) is 2.69. The van der Waals surface area contributed by atoms with Crippen molar-refractivity contribution in [3.05, 3.63) is 59.7 Å². The van der Waals surface area contributed by atoms with Gasteiger partial charge in [0, 0.05) is 18.8 Å². The second kappa shape index (κ2) is 10.0. The molecule has 0 saturated carbocycles. The van der Waals surface area contributed by atoms with Crippen LogP contribution in [0.15, 0.2) is 54.1 Å². The van der Waals surface area contributed by atoms with Gasteiger partial charge >= 0.3 is 0 Å². The second-order valence-electron chi connectivity index (χ2n) is 5.82. The van der Waals surface area contributed by atoms with E-state index in [-0.39, 0.29) is 5.57 Å². The Morgan fingerprint density at radius 1 is 1.11 bits per heavy atom. The number of rotatable bonds is 8. The van der Waals surface area contributed by atoms with Crippen molar-refractivity contribution in [1.29, 1.82) is 5.26 Å². The molecule has 0 saturated heterocycles. The fourth-order valence-electron chi connectivity index (χ4n) is 2.73. The molecule has 140 valence electrons. The van der Waals surface area contributed by atoms with E-state index in [0.29, 0.717) is 18.0 Å². The molecular formula is C22H25N3O2. The molecule has 5 nitrogen and oxygen atoms in total. The van der Waals surface area contributed by atoms with Gasteiger partial charge in [-0.2, -0.15) is 5.26 Å². The smallest absolute Gasteiger partial charge is 0.266 e. The minimum atomic E-state index is -0.461. The van der Waals surface area contributed by atoms with Crippen LogP contribution in [0.1, 0.15) is 26.3 Å². The van der Waals surface area contributed by atoms with E-state index in [4.69, 9.17) is 4.74 Å². The van der Waals surface area contributed by atoms with Crippen molar-refractivity contribution in [1.82, 2.24) is 0 Å². The van der Waals surface area contributed by atoms with Crippen LogP contribution in [0.3, 0.4) is 0 Å². The molecule has 27 heavy (non-hydrogen) atoms. The third-order valence-corrected chi connectivity index (χ3v) is 4.13. The first-order chi connectivity index (χ1) is 13.1. The Bertz CT molecular complexity index is 831. The molecule has 1 amide bonds. The molecule has 0 radical (unpaired) electrons. The van der Waals surface area contributed by atoms with Crippen molar-refractivity contribution in [2.75, 3.05) is 29.9 Å². The van der Waals surface area contributed by atoms with E-state index < -0.39 is 5.91 Å². The first kappa shape index (κ1) is 20.1. The fraction of sp³-hybridized carbons (Fsp3) is 0.273. The lowest BCUT2D eigenvalue weighted by Gasteiger charge is -2.20. The zero-order valence-electron chi connectivity index (χ0n) is 16.0. The molecule has 0 aliphatic heterocycles. The Morgan fingerprint density at radius 3 is 2.37 bits per heavy atom. The van der Waals surface area contributed by atoms with E-state index in [9.17, 15) is 10.1 Å². The lowest BCUT2D eigenvalue weighted by atomic mass is 10.1. The van der Waals surface area contributed by atoms with Gasteiger partial charge < -0.3 is 15.0 Å². The van der Waals surface area contributed by atoms with Crippen LogP contribution < -0.4 is 15.0 Å². The van der Waals surface area contributed by atoms with Gasteiger partial charge in [0.1, 0.15) is 17.4 Å². The van der Waals surface area contributed by atoms with Crippen molar-refractivity contribution in [2.45, 2.75) is 20.8 Å². The molecule has 0 aromatic heterocycles. The molecule has 0 aliphatic rings. The van der Waals surface area contributed by atoms with Crippen LogP contribution in [0.2, 0.25) is 0 Å². The van der Waals surface area contributed by atoms with Crippen LogP contribution in [0.4, 0.5) is 11.4 Å². The minimum Gasteiger partial charge on any atom is -0.492 e. The molecule has 0 aliphatic carbocycles. The molecule has 0 spiro atoms. The van der Waals surface area contributed by atoms with Crippen LogP contribution in [0.5, 0.6) is 5.75 Å². The van der Waals surface area contributed by atoms with Crippen molar-refractivity contribution >= 4 is 23.4 Å². The molecule has 0 heterocycles. The number of para-hydroxylation sites is 2. The topological polar surface area (TPSA) is 65.4 Å². The number of ether oxygens (including phenoxy) is 1. The predicted molar refractivity (Wildman–Crippen MR) is 110 cm³/mol. The number of hydrogen-bond acceptors (Lipinski definition) is 4. The summed E-state index contributed by atoms with van der Waals surface area (Å²) < 4.78 is 5.50. The number of nitrogens with one attached hydrogen (secondary N) is 1. The van der Waals surface area contributed by atoms with Gasteiger partial charge in [0.2, 0.25) is 0 Å². The summed E-state index contributed by atoms with van der Waals surface area (Å²) in [4.78, 5) is 14.7. The summed E-state index contributed by atoms with van der Waals surface area (Å²) >= 11 is 0. The Labute approximate surface area is 160 Å². The Balaban J connectivity index is 2.18. The molecule has 0 atom stereocenters. The third-order valence-electron chi connectivity index (χ3n) is 4.13. The Kier molecular flexibility index (Phi) is 7.45. The van der Waals surface area contributed by atoms with Gasteiger partial charge in [0.15, 0.2) is 0 Å². The van der Waals surface area contributed by atoms with E-state index in [2.05, 4.69) is 24.1 Å². The van der Waals surface area contributed by atoms with E-state index in [0.717, 1.165) is 24.3 Å². The second-order valence-corrected chi connectivity index (χ2v) is 5.82. The number of carbonyl (C=O) groups excluding carboxylic acids is 1. The average molecular weight is 363 g/mol. The summed E-state index contributed by atoms with van der Waals surface area (Å²) in [5.41, 5.74) is 2.50. The molecule has 0 fully saturated rings. The zero-order valence-corrected chi connectivity index (χ0v) is 16.0. The highest BCUT2D eigenvalue weighted by Crippen LogP contribution is 2.24. The van der Waals surface area contributed by atoms with Crippen molar-refractivity contribution < 1.29 is 9.53 Å². The summed E-state index contributed by atoms with van der Waals surface area (Å²) in [5.74, 6) is 0.117. The first-order valence-electron chi connectivity index (χ1n) is 9.12. The first-order valence-corrected chi connectivity index (χ1v) is 9.12. The van der Waals surface area contributed by atoms with Gasteiger partial charge in [-0.25, -0.2) is 0 Å². The van der Waals surface area contributed by atoms with Gasteiger partial charge in [-0.05, 0) is 56.7 Å². The van der Waals surface area contributed by atoms with Gasteiger partial charge in [-0.15, -0.1) is 0 Å². The lowest BCUT2D eigenvalue weighted by molar-refractivity contribution is -0.112. The number of amides is 1. The number of benzene rings is 2. The maximum atomic E-state index is 12.5. The quantitative estimate of drug-likeness (QED) is 0.555. The molecule has 2 aromatic carbocycles. The summed E-state index contributed by atoms with van der Waals surface area (Å²) in [5, 5.41) is 12.2. The molecule has 5 heteroatoms. The van der Waals surface area contributed by atoms with Crippen LogP contribution in [-0.4, -0.2) is 25.6 Å². The molecule has 2 aromatic rings. The number of nitrogens with zero attached hydrogens (tertiary/aromatic N) is 2. The number of carbonyl (C=O) groups is 1.